The quantitative estimate of drug-likeness (QED) is 0.627. The van der Waals surface area contributed by atoms with E-state index in [-0.39, 0.29) is 0 Å². The first-order valence-corrected chi connectivity index (χ1v) is 3.14. The first-order valence-electron chi connectivity index (χ1n) is 3.14. The fraction of sp³-hybridized carbons (Fsp3) is 0.500. The summed E-state index contributed by atoms with van der Waals surface area (Å²) in [6.45, 7) is 0. The van der Waals surface area contributed by atoms with Gasteiger partial charge < -0.3 is 0 Å². The van der Waals surface area contributed by atoms with Gasteiger partial charge in [-0.15, -0.1) is 5.10 Å². The van der Waals surface area contributed by atoms with Gasteiger partial charge in [0.25, 0.3) is 0 Å². The van der Waals surface area contributed by atoms with Gasteiger partial charge in [0.15, 0.2) is 0 Å². The lowest BCUT2D eigenvalue weighted by Crippen LogP contribution is -1.84. The number of nitrogens with zero attached hydrogens (tertiary/aromatic N) is 2. The average Bonchev–Trinajstić information content (AvgIpc) is 2.46. The molecule has 1 radical (unpaired) electrons. The molecule has 47 valence electrons. The molecule has 1 aromatic rings. The number of hydrogen-bond acceptors (Lipinski definition) is 2. The zero-order valence-corrected chi connectivity index (χ0v) is 5.09. The van der Waals surface area contributed by atoms with Gasteiger partial charge in [0.2, 0.25) is 0 Å². The minimum atomic E-state index is 1.04. The maximum absolute atomic E-state index is 3.87. The van der Waals surface area contributed by atoms with Gasteiger partial charge >= 0.3 is 0 Å². The molecule has 1 fully saturated rings. The lowest BCUT2D eigenvalue weighted by Gasteiger charge is -1.84. The van der Waals surface area contributed by atoms with Crippen LogP contribution in [0.15, 0.2) is 6.20 Å². The van der Waals surface area contributed by atoms with Crippen LogP contribution in [0.2, 0.25) is 0 Å². The van der Waals surface area contributed by atoms with Crippen LogP contribution in [0, 0.1) is 5.92 Å². The van der Waals surface area contributed by atoms with Gasteiger partial charge in [-0.25, -0.2) is 0 Å². The van der Waals surface area contributed by atoms with Crippen molar-refractivity contribution in [2.45, 2.75) is 19.3 Å². The number of aromatic nitrogens is 3. The van der Waals surface area contributed by atoms with E-state index in [1.165, 1.54) is 12.8 Å². The number of H-pyrrole nitrogens is 1. The van der Waals surface area contributed by atoms with E-state index in [0.717, 1.165) is 12.1 Å². The molecule has 9 heavy (non-hydrogen) atoms. The van der Waals surface area contributed by atoms with Crippen LogP contribution in [-0.2, 0) is 6.42 Å². The summed E-state index contributed by atoms with van der Waals surface area (Å²) in [7, 11) is 0. The Kier molecular flexibility index (Phi) is 1.01. The van der Waals surface area contributed by atoms with Crippen LogP contribution >= 0.6 is 0 Å². The van der Waals surface area contributed by atoms with Crippen molar-refractivity contribution in [3.63, 3.8) is 0 Å². The molecular formula is C6H8N3. The molecule has 1 aromatic heterocycles. The molecule has 2 rings (SSSR count). The van der Waals surface area contributed by atoms with Crippen LogP contribution in [0.5, 0.6) is 0 Å². The second-order valence-corrected chi connectivity index (χ2v) is 2.39. The van der Waals surface area contributed by atoms with Gasteiger partial charge in [-0.05, 0) is 25.2 Å². The number of aromatic amines is 1. The predicted octanol–water partition coefficient (Wildman–Crippen LogP) is 0.715. The Morgan fingerprint density at radius 3 is 3.00 bits per heavy atom. The summed E-state index contributed by atoms with van der Waals surface area (Å²) in [5, 5.41) is 10.2. The third kappa shape index (κ3) is 1.09. The molecule has 3 heteroatoms. The van der Waals surface area contributed by atoms with Crippen LogP contribution in [-0.4, -0.2) is 15.4 Å². The average molecular weight is 122 g/mol. The third-order valence-electron chi connectivity index (χ3n) is 1.50. The van der Waals surface area contributed by atoms with Crippen molar-refractivity contribution in [2.24, 2.45) is 0 Å². The SMILES string of the molecule is c1[nH]nnc1C[C]1CC1. The molecule has 0 amide bonds. The molecule has 1 N–H and O–H groups in total. The smallest absolute Gasteiger partial charge is 0.0830 e. The lowest BCUT2D eigenvalue weighted by molar-refractivity contribution is 0.907. The van der Waals surface area contributed by atoms with Crippen molar-refractivity contribution in [2.75, 3.05) is 0 Å². The number of rotatable bonds is 2. The van der Waals surface area contributed by atoms with Crippen LogP contribution in [0.25, 0.3) is 0 Å². The van der Waals surface area contributed by atoms with E-state index in [1.807, 2.05) is 6.20 Å². The summed E-state index contributed by atoms with van der Waals surface area (Å²) in [5.41, 5.74) is 1.07. The van der Waals surface area contributed by atoms with Crippen molar-refractivity contribution >= 4 is 0 Å². The summed E-state index contributed by atoms with van der Waals surface area (Å²) in [5.74, 6) is 1.60. The second kappa shape index (κ2) is 1.83. The molecular weight excluding hydrogens is 114 g/mol. The first-order chi connectivity index (χ1) is 4.45. The van der Waals surface area contributed by atoms with Crippen molar-refractivity contribution in [1.29, 1.82) is 0 Å². The van der Waals surface area contributed by atoms with Gasteiger partial charge in [-0.2, -0.15) is 0 Å². The fourth-order valence-electron chi connectivity index (χ4n) is 0.833. The predicted molar refractivity (Wildman–Crippen MR) is 32.6 cm³/mol. The van der Waals surface area contributed by atoms with E-state index < -0.39 is 0 Å². The van der Waals surface area contributed by atoms with E-state index in [9.17, 15) is 0 Å². The summed E-state index contributed by atoms with van der Waals surface area (Å²) in [6.07, 6.45) is 5.49. The van der Waals surface area contributed by atoms with Crippen LogP contribution in [0.3, 0.4) is 0 Å². The van der Waals surface area contributed by atoms with Gasteiger partial charge in [0.05, 0.1) is 5.69 Å². The Labute approximate surface area is 53.5 Å². The molecule has 0 atom stereocenters. The van der Waals surface area contributed by atoms with E-state index >= 15 is 0 Å². The van der Waals surface area contributed by atoms with Crippen molar-refractivity contribution in [1.82, 2.24) is 15.4 Å². The molecule has 0 unspecified atom stereocenters. The number of hydrogen-bond donors (Lipinski definition) is 1. The summed E-state index contributed by atoms with van der Waals surface area (Å²) in [6, 6.07) is 0. The zero-order valence-electron chi connectivity index (χ0n) is 5.09. The fourth-order valence-corrected chi connectivity index (χ4v) is 0.833. The normalized spacial score (nSPS) is 18.2. The first kappa shape index (κ1) is 4.97. The highest BCUT2D eigenvalue weighted by atomic mass is 15.3. The lowest BCUT2D eigenvalue weighted by atomic mass is 10.2. The van der Waals surface area contributed by atoms with Crippen molar-refractivity contribution in [3.05, 3.63) is 17.8 Å². The van der Waals surface area contributed by atoms with Crippen LogP contribution < -0.4 is 0 Å². The van der Waals surface area contributed by atoms with Gasteiger partial charge in [-0.1, -0.05) is 5.21 Å². The summed E-state index contributed by atoms with van der Waals surface area (Å²) in [4.78, 5) is 0. The van der Waals surface area contributed by atoms with Crippen molar-refractivity contribution < 1.29 is 0 Å². The van der Waals surface area contributed by atoms with E-state index in [2.05, 4.69) is 15.4 Å². The standard InChI is InChI=1S/C6H8N3/c1-2-5(1)3-6-4-7-9-8-6/h4H,1-3H2,(H,7,8,9). The Morgan fingerprint density at radius 2 is 2.44 bits per heavy atom. The monoisotopic (exact) mass is 122 g/mol. The van der Waals surface area contributed by atoms with Gasteiger partial charge in [0.1, 0.15) is 0 Å². The van der Waals surface area contributed by atoms with E-state index in [0.29, 0.717) is 0 Å². The Hall–Kier alpha value is -0.860. The molecule has 0 spiro atoms. The molecule has 3 nitrogen and oxygen atoms in total. The van der Waals surface area contributed by atoms with Gasteiger partial charge in [0, 0.05) is 6.20 Å². The molecule has 0 aliphatic heterocycles. The molecule has 0 bridgehead atoms. The van der Waals surface area contributed by atoms with Crippen molar-refractivity contribution in [3.8, 4) is 0 Å². The third-order valence-corrected chi connectivity index (χ3v) is 1.50. The maximum atomic E-state index is 3.87. The molecule has 0 aromatic carbocycles. The minimum absolute atomic E-state index is 1.04. The summed E-state index contributed by atoms with van der Waals surface area (Å²) >= 11 is 0. The maximum Gasteiger partial charge on any atom is 0.0830 e. The Balaban J connectivity index is 1.99. The highest BCUT2D eigenvalue weighted by Gasteiger charge is 2.22. The van der Waals surface area contributed by atoms with E-state index in [1.54, 1.807) is 5.92 Å². The second-order valence-electron chi connectivity index (χ2n) is 2.39. The molecule has 1 aliphatic carbocycles. The molecule has 1 aliphatic rings. The molecule has 0 saturated heterocycles. The zero-order chi connectivity index (χ0) is 6.10. The Bertz CT molecular complexity index is 176. The highest BCUT2D eigenvalue weighted by molar-refractivity contribution is 5.13. The number of nitrogens with one attached hydrogen (secondary N) is 1. The highest BCUT2D eigenvalue weighted by Crippen LogP contribution is 2.34. The molecule has 1 saturated carbocycles. The van der Waals surface area contributed by atoms with Gasteiger partial charge in [-0.3, -0.25) is 5.10 Å². The largest absolute Gasteiger partial charge is 0.265 e. The molecule has 1 heterocycles. The topological polar surface area (TPSA) is 41.6 Å². The van der Waals surface area contributed by atoms with Crippen LogP contribution in [0.4, 0.5) is 0 Å². The Morgan fingerprint density at radius 1 is 1.56 bits per heavy atom. The minimum Gasteiger partial charge on any atom is -0.265 e. The van der Waals surface area contributed by atoms with E-state index in [4.69, 9.17) is 0 Å². The summed E-state index contributed by atoms with van der Waals surface area (Å²) < 4.78 is 0. The van der Waals surface area contributed by atoms with Crippen LogP contribution in [0.1, 0.15) is 18.5 Å².